The molecule has 3 rings (SSSR count). The van der Waals surface area contributed by atoms with Gasteiger partial charge < -0.3 is 20.0 Å². The van der Waals surface area contributed by atoms with Crippen molar-refractivity contribution in [2.75, 3.05) is 36.2 Å². The second kappa shape index (κ2) is 4.29. The zero-order valence-electron chi connectivity index (χ0n) is 10.6. The maximum atomic E-state index is 5.17. The molecule has 4 nitrogen and oxygen atoms in total. The van der Waals surface area contributed by atoms with E-state index in [-0.39, 0.29) is 6.04 Å². The van der Waals surface area contributed by atoms with E-state index >= 15 is 0 Å². The van der Waals surface area contributed by atoms with Crippen LogP contribution in [-0.4, -0.2) is 20.6 Å². The average Bonchev–Trinajstić information content (AvgIpc) is 2.86. The highest BCUT2D eigenvalue weighted by molar-refractivity contribution is 5.69. The number of nitrogens with one attached hydrogen (secondary N) is 2. The Morgan fingerprint density at radius 1 is 1.11 bits per heavy atom. The SMILES string of the molecule is CN(C)c1ccc(C2CNc3cocc3N2)cc1. The lowest BCUT2D eigenvalue weighted by Crippen LogP contribution is -2.24. The van der Waals surface area contributed by atoms with E-state index in [0.29, 0.717) is 0 Å². The van der Waals surface area contributed by atoms with Crippen molar-refractivity contribution in [2.45, 2.75) is 6.04 Å². The molecule has 2 N–H and O–H groups in total. The van der Waals surface area contributed by atoms with Crippen molar-refractivity contribution in [3.8, 4) is 0 Å². The maximum Gasteiger partial charge on any atom is 0.116 e. The minimum Gasteiger partial charge on any atom is -0.468 e. The molecule has 18 heavy (non-hydrogen) atoms. The third-order valence-corrected chi connectivity index (χ3v) is 3.30. The summed E-state index contributed by atoms with van der Waals surface area (Å²) in [6.45, 7) is 0.869. The highest BCUT2D eigenvalue weighted by atomic mass is 16.3. The Balaban J connectivity index is 1.80. The van der Waals surface area contributed by atoms with Gasteiger partial charge in [-0.2, -0.15) is 0 Å². The molecule has 1 atom stereocenters. The summed E-state index contributed by atoms with van der Waals surface area (Å²) in [5.74, 6) is 0. The van der Waals surface area contributed by atoms with Crippen molar-refractivity contribution >= 4 is 17.1 Å². The Morgan fingerprint density at radius 3 is 2.56 bits per heavy atom. The molecule has 4 heteroatoms. The van der Waals surface area contributed by atoms with Gasteiger partial charge in [-0.3, -0.25) is 0 Å². The molecule has 0 saturated carbocycles. The predicted molar refractivity (Wildman–Crippen MR) is 74.3 cm³/mol. The summed E-state index contributed by atoms with van der Waals surface area (Å²) in [6, 6.07) is 8.90. The van der Waals surface area contributed by atoms with E-state index in [4.69, 9.17) is 4.42 Å². The molecule has 0 radical (unpaired) electrons. The Hall–Kier alpha value is -2.10. The van der Waals surface area contributed by atoms with E-state index in [2.05, 4.69) is 39.8 Å². The van der Waals surface area contributed by atoms with Crippen LogP contribution in [0.5, 0.6) is 0 Å². The van der Waals surface area contributed by atoms with Crippen LogP contribution < -0.4 is 15.5 Å². The first-order valence-electron chi connectivity index (χ1n) is 6.08. The maximum absolute atomic E-state index is 5.17. The van der Waals surface area contributed by atoms with Crippen molar-refractivity contribution in [3.05, 3.63) is 42.4 Å². The molecule has 0 aliphatic carbocycles. The number of rotatable bonds is 2. The zero-order chi connectivity index (χ0) is 12.5. The second-order valence-electron chi connectivity index (χ2n) is 4.76. The van der Waals surface area contributed by atoms with Gasteiger partial charge in [0.1, 0.15) is 12.5 Å². The summed E-state index contributed by atoms with van der Waals surface area (Å²) in [5, 5.41) is 6.83. The summed E-state index contributed by atoms with van der Waals surface area (Å²) < 4.78 is 5.17. The molecule has 1 aromatic carbocycles. The normalized spacial score (nSPS) is 17.6. The third-order valence-electron chi connectivity index (χ3n) is 3.30. The van der Waals surface area contributed by atoms with Crippen molar-refractivity contribution in [1.82, 2.24) is 0 Å². The summed E-state index contributed by atoms with van der Waals surface area (Å²) >= 11 is 0. The molecule has 0 saturated heterocycles. The molecule has 2 aromatic rings. The van der Waals surface area contributed by atoms with E-state index in [0.717, 1.165) is 17.9 Å². The molecule has 0 bridgehead atoms. The van der Waals surface area contributed by atoms with Crippen LogP contribution in [0.15, 0.2) is 41.2 Å². The number of hydrogen-bond donors (Lipinski definition) is 2. The first kappa shape index (κ1) is 11.0. The van der Waals surface area contributed by atoms with Crippen molar-refractivity contribution in [1.29, 1.82) is 0 Å². The molecule has 2 heterocycles. The minimum atomic E-state index is 0.284. The minimum absolute atomic E-state index is 0.284. The van der Waals surface area contributed by atoms with Crippen LogP contribution in [-0.2, 0) is 0 Å². The van der Waals surface area contributed by atoms with E-state index < -0.39 is 0 Å². The molecular formula is C14H17N3O. The second-order valence-corrected chi connectivity index (χ2v) is 4.76. The molecule has 1 aliphatic heterocycles. The number of anilines is 3. The quantitative estimate of drug-likeness (QED) is 0.851. The first-order chi connectivity index (χ1) is 8.74. The molecule has 0 spiro atoms. The van der Waals surface area contributed by atoms with Gasteiger partial charge in [-0.25, -0.2) is 0 Å². The Kier molecular flexibility index (Phi) is 2.63. The van der Waals surface area contributed by atoms with E-state index in [1.807, 2.05) is 14.1 Å². The van der Waals surface area contributed by atoms with E-state index in [1.165, 1.54) is 11.3 Å². The third kappa shape index (κ3) is 1.90. The molecular weight excluding hydrogens is 226 g/mol. The van der Waals surface area contributed by atoms with Gasteiger partial charge in [0.25, 0.3) is 0 Å². The van der Waals surface area contributed by atoms with Gasteiger partial charge in [0.15, 0.2) is 0 Å². The molecule has 0 amide bonds. The number of fused-ring (bicyclic) bond motifs is 1. The zero-order valence-corrected chi connectivity index (χ0v) is 10.6. The smallest absolute Gasteiger partial charge is 0.116 e. The molecule has 94 valence electrons. The first-order valence-corrected chi connectivity index (χ1v) is 6.08. The lowest BCUT2D eigenvalue weighted by atomic mass is 10.0. The molecule has 1 aromatic heterocycles. The van der Waals surface area contributed by atoms with Gasteiger partial charge in [0, 0.05) is 26.3 Å². The van der Waals surface area contributed by atoms with Crippen LogP contribution in [0, 0.1) is 0 Å². The fourth-order valence-electron chi connectivity index (χ4n) is 2.20. The number of benzene rings is 1. The summed E-state index contributed by atoms with van der Waals surface area (Å²) in [4.78, 5) is 2.10. The van der Waals surface area contributed by atoms with Gasteiger partial charge in [-0.05, 0) is 17.7 Å². The van der Waals surface area contributed by atoms with Crippen LogP contribution in [0.2, 0.25) is 0 Å². The number of hydrogen-bond acceptors (Lipinski definition) is 4. The van der Waals surface area contributed by atoms with Gasteiger partial charge in [0.2, 0.25) is 0 Å². The monoisotopic (exact) mass is 243 g/mol. The van der Waals surface area contributed by atoms with Crippen LogP contribution in [0.3, 0.4) is 0 Å². The highest BCUT2D eigenvalue weighted by Gasteiger charge is 2.19. The largest absolute Gasteiger partial charge is 0.468 e. The molecule has 0 fully saturated rings. The average molecular weight is 243 g/mol. The summed E-state index contributed by atoms with van der Waals surface area (Å²) in [7, 11) is 4.10. The van der Waals surface area contributed by atoms with Crippen LogP contribution in [0.1, 0.15) is 11.6 Å². The number of nitrogens with zero attached hydrogens (tertiary/aromatic N) is 1. The summed E-state index contributed by atoms with van der Waals surface area (Å²) in [6.07, 6.45) is 3.47. The number of furan rings is 1. The van der Waals surface area contributed by atoms with Crippen molar-refractivity contribution in [3.63, 3.8) is 0 Å². The van der Waals surface area contributed by atoms with Gasteiger partial charge in [0.05, 0.1) is 17.4 Å². The lowest BCUT2D eigenvalue weighted by molar-refractivity contribution is 0.569. The molecule has 1 aliphatic rings. The van der Waals surface area contributed by atoms with Crippen LogP contribution in [0.4, 0.5) is 17.1 Å². The van der Waals surface area contributed by atoms with Crippen LogP contribution >= 0.6 is 0 Å². The lowest BCUT2D eigenvalue weighted by Gasteiger charge is -2.26. The van der Waals surface area contributed by atoms with E-state index in [9.17, 15) is 0 Å². The Morgan fingerprint density at radius 2 is 1.83 bits per heavy atom. The van der Waals surface area contributed by atoms with Gasteiger partial charge in [-0.15, -0.1) is 0 Å². The highest BCUT2D eigenvalue weighted by Crippen LogP contribution is 2.32. The van der Waals surface area contributed by atoms with Crippen LogP contribution in [0.25, 0.3) is 0 Å². The summed E-state index contributed by atoms with van der Waals surface area (Å²) in [5.41, 5.74) is 4.56. The fourth-order valence-corrected chi connectivity index (χ4v) is 2.20. The van der Waals surface area contributed by atoms with E-state index in [1.54, 1.807) is 12.5 Å². The Labute approximate surface area is 107 Å². The van der Waals surface area contributed by atoms with Crippen molar-refractivity contribution < 1.29 is 4.42 Å². The standard InChI is InChI=1S/C14H17N3O/c1-17(2)11-5-3-10(4-6-11)12-7-15-13-8-18-9-14(13)16-12/h3-6,8-9,12,15-16H,7H2,1-2H3. The predicted octanol–water partition coefficient (Wildman–Crippen LogP) is 2.92. The van der Waals surface area contributed by atoms with Crippen molar-refractivity contribution in [2.24, 2.45) is 0 Å². The molecule has 1 unspecified atom stereocenters. The topological polar surface area (TPSA) is 40.4 Å². The van der Waals surface area contributed by atoms with Gasteiger partial charge >= 0.3 is 0 Å². The Bertz CT molecular complexity index is 530. The fraction of sp³-hybridized carbons (Fsp3) is 0.286. The van der Waals surface area contributed by atoms with Gasteiger partial charge in [-0.1, -0.05) is 12.1 Å².